The van der Waals surface area contributed by atoms with Gasteiger partial charge in [0.2, 0.25) is 0 Å². The average molecular weight is 353 g/mol. The normalized spacial score (nSPS) is 10.8. The maximum Gasteiger partial charge on any atom is 0.271 e. The monoisotopic (exact) mass is 353 g/mol. The van der Waals surface area contributed by atoms with E-state index in [9.17, 15) is 4.79 Å². The minimum atomic E-state index is -0.120. The number of carbonyl (C=O) groups excluding carboxylic acids is 1. The highest BCUT2D eigenvalue weighted by Crippen LogP contribution is 2.25. The van der Waals surface area contributed by atoms with E-state index in [4.69, 9.17) is 4.74 Å². The van der Waals surface area contributed by atoms with Crippen LogP contribution in [-0.4, -0.2) is 44.9 Å². The SMILES string of the molecule is COc1cccc(CN(C)C(=O)c2cc(-c3c(C)nn(C)c3C)n[nH]2)c1. The van der Waals surface area contributed by atoms with E-state index in [1.807, 2.05) is 49.8 Å². The van der Waals surface area contributed by atoms with E-state index in [0.717, 1.165) is 34.0 Å². The van der Waals surface area contributed by atoms with E-state index in [0.29, 0.717) is 12.2 Å². The van der Waals surface area contributed by atoms with Crippen molar-refractivity contribution >= 4 is 5.91 Å². The van der Waals surface area contributed by atoms with Crippen LogP contribution in [0.1, 0.15) is 27.4 Å². The van der Waals surface area contributed by atoms with Crippen LogP contribution in [-0.2, 0) is 13.6 Å². The van der Waals surface area contributed by atoms with Gasteiger partial charge in [-0.1, -0.05) is 12.1 Å². The maximum atomic E-state index is 12.7. The summed E-state index contributed by atoms with van der Waals surface area (Å²) in [5.41, 5.74) is 5.04. The molecule has 1 amide bonds. The van der Waals surface area contributed by atoms with Gasteiger partial charge in [0.25, 0.3) is 5.91 Å². The topological polar surface area (TPSA) is 76.0 Å². The summed E-state index contributed by atoms with van der Waals surface area (Å²) in [4.78, 5) is 14.4. The van der Waals surface area contributed by atoms with Crippen molar-refractivity contribution in [3.8, 4) is 17.0 Å². The Bertz CT molecular complexity index is 941. The molecule has 3 rings (SSSR count). The zero-order chi connectivity index (χ0) is 18.8. The van der Waals surface area contributed by atoms with Crippen molar-refractivity contribution < 1.29 is 9.53 Å². The molecule has 0 bridgehead atoms. The minimum absolute atomic E-state index is 0.120. The van der Waals surface area contributed by atoms with Gasteiger partial charge < -0.3 is 9.64 Å². The molecule has 0 fully saturated rings. The Hall–Kier alpha value is -3.09. The fourth-order valence-electron chi connectivity index (χ4n) is 3.03. The zero-order valence-electron chi connectivity index (χ0n) is 15.7. The van der Waals surface area contributed by atoms with Crippen molar-refractivity contribution in [1.82, 2.24) is 24.9 Å². The summed E-state index contributed by atoms with van der Waals surface area (Å²) in [5, 5.41) is 11.6. The van der Waals surface area contributed by atoms with Crippen LogP contribution in [0.15, 0.2) is 30.3 Å². The molecule has 136 valence electrons. The lowest BCUT2D eigenvalue weighted by atomic mass is 10.1. The second-order valence-corrected chi connectivity index (χ2v) is 6.35. The number of amides is 1. The summed E-state index contributed by atoms with van der Waals surface area (Å²) in [7, 11) is 5.29. The number of ether oxygens (including phenoxy) is 1. The van der Waals surface area contributed by atoms with Crippen LogP contribution in [0, 0.1) is 13.8 Å². The number of benzene rings is 1. The number of aromatic nitrogens is 4. The largest absolute Gasteiger partial charge is 0.497 e. The van der Waals surface area contributed by atoms with Crippen LogP contribution in [0.3, 0.4) is 0 Å². The number of hydrogen-bond acceptors (Lipinski definition) is 4. The summed E-state index contributed by atoms with van der Waals surface area (Å²) in [5.74, 6) is 0.653. The fraction of sp³-hybridized carbons (Fsp3) is 0.316. The average Bonchev–Trinajstić information content (AvgIpc) is 3.19. The van der Waals surface area contributed by atoms with E-state index in [2.05, 4.69) is 15.3 Å². The van der Waals surface area contributed by atoms with Gasteiger partial charge in [0.15, 0.2) is 0 Å². The first-order chi connectivity index (χ1) is 12.4. The number of hydrogen-bond donors (Lipinski definition) is 1. The predicted molar refractivity (Wildman–Crippen MR) is 99.1 cm³/mol. The first-order valence-electron chi connectivity index (χ1n) is 8.35. The van der Waals surface area contributed by atoms with Gasteiger partial charge >= 0.3 is 0 Å². The quantitative estimate of drug-likeness (QED) is 0.765. The summed E-state index contributed by atoms with van der Waals surface area (Å²) in [6, 6.07) is 9.46. The Morgan fingerprint density at radius 3 is 2.73 bits per heavy atom. The molecule has 3 aromatic rings. The molecule has 0 radical (unpaired) electrons. The third-order valence-electron chi connectivity index (χ3n) is 4.47. The lowest BCUT2D eigenvalue weighted by molar-refractivity contribution is 0.0779. The lowest BCUT2D eigenvalue weighted by Gasteiger charge is -2.16. The molecule has 0 aliphatic rings. The molecule has 26 heavy (non-hydrogen) atoms. The number of aryl methyl sites for hydroxylation is 2. The van der Waals surface area contributed by atoms with Crippen LogP contribution in [0.2, 0.25) is 0 Å². The second-order valence-electron chi connectivity index (χ2n) is 6.35. The van der Waals surface area contributed by atoms with Crippen LogP contribution in [0.5, 0.6) is 5.75 Å². The molecule has 0 spiro atoms. The summed E-state index contributed by atoms with van der Waals surface area (Å²) in [6.07, 6.45) is 0. The lowest BCUT2D eigenvalue weighted by Crippen LogP contribution is -2.26. The summed E-state index contributed by atoms with van der Waals surface area (Å²) < 4.78 is 7.05. The van der Waals surface area contributed by atoms with Gasteiger partial charge in [-0.2, -0.15) is 10.2 Å². The van der Waals surface area contributed by atoms with Crippen molar-refractivity contribution in [3.05, 3.63) is 53.0 Å². The van der Waals surface area contributed by atoms with Crippen molar-refractivity contribution in [3.63, 3.8) is 0 Å². The van der Waals surface area contributed by atoms with Gasteiger partial charge in [0, 0.05) is 31.9 Å². The van der Waals surface area contributed by atoms with Gasteiger partial charge in [-0.15, -0.1) is 0 Å². The standard InChI is InChI=1S/C19H23N5O2/c1-12-18(13(2)24(4)22-12)16-10-17(21-20-16)19(25)23(3)11-14-7-6-8-15(9-14)26-5/h6-10H,11H2,1-5H3,(H,20,21). The Balaban J connectivity index is 1.79. The van der Waals surface area contributed by atoms with Crippen LogP contribution < -0.4 is 4.74 Å². The first-order valence-corrected chi connectivity index (χ1v) is 8.35. The predicted octanol–water partition coefficient (Wildman–Crippen LogP) is 2.71. The highest BCUT2D eigenvalue weighted by molar-refractivity contribution is 5.93. The van der Waals surface area contributed by atoms with Gasteiger partial charge in [0.05, 0.1) is 18.5 Å². The van der Waals surface area contributed by atoms with Crippen LogP contribution in [0.25, 0.3) is 11.3 Å². The van der Waals surface area contributed by atoms with Crippen molar-refractivity contribution in [2.75, 3.05) is 14.2 Å². The molecule has 1 N–H and O–H groups in total. The molecular formula is C19H23N5O2. The Kier molecular flexibility index (Phi) is 4.79. The highest BCUT2D eigenvalue weighted by Gasteiger charge is 2.19. The molecule has 0 saturated heterocycles. The second kappa shape index (κ2) is 7.03. The van der Waals surface area contributed by atoms with Gasteiger partial charge in [-0.3, -0.25) is 14.6 Å². The molecule has 7 nitrogen and oxygen atoms in total. The molecular weight excluding hydrogens is 330 g/mol. The smallest absolute Gasteiger partial charge is 0.271 e. The fourth-order valence-corrected chi connectivity index (χ4v) is 3.03. The third-order valence-corrected chi connectivity index (χ3v) is 4.47. The third kappa shape index (κ3) is 3.33. The molecule has 0 saturated carbocycles. The molecule has 0 aliphatic heterocycles. The van der Waals surface area contributed by atoms with Crippen LogP contribution in [0.4, 0.5) is 0 Å². The van der Waals surface area contributed by atoms with Gasteiger partial charge in [-0.25, -0.2) is 0 Å². The van der Waals surface area contributed by atoms with Crippen LogP contribution >= 0.6 is 0 Å². The highest BCUT2D eigenvalue weighted by atomic mass is 16.5. The van der Waals surface area contributed by atoms with Gasteiger partial charge in [-0.05, 0) is 37.6 Å². The number of carbonyl (C=O) groups is 1. The summed E-state index contributed by atoms with van der Waals surface area (Å²) >= 11 is 0. The molecule has 0 atom stereocenters. The number of aromatic amines is 1. The van der Waals surface area contributed by atoms with Crippen molar-refractivity contribution in [1.29, 1.82) is 0 Å². The number of H-pyrrole nitrogens is 1. The Labute approximate surface area is 152 Å². The molecule has 2 heterocycles. The number of rotatable bonds is 5. The molecule has 7 heteroatoms. The zero-order valence-corrected chi connectivity index (χ0v) is 15.7. The number of methoxy groups -OCH3 is 1. The molecule has 2 aromatic heterocycles. The maximum absolute atomic E-state index is 12.7. The number of nitrogens with one attached hydrogen (secondary N) is 1. The van der Waals surface area contributed by atoms with E-state index in [1.54, 1.807) is 25.1 Å². The van der Waals surface area contributed by atoms with E-state index in [-0.39, 0.29) is 5.91 Å². The van der Waals surface area contributed by atoms with Gasteiger partial charge in [0.1, 0.15) is 11.4 Å². The number of nitrogens with zero attached hydrogens (tertiary/aromatic N) is 4. The first kappa shape index (κ1) is 17.7. The minimum Gasteiger partial charge on any atom is -0.497 e. The van der Waals surface area contributed by atoms with E-state index >= 15 is 0 Å². The van der Waals surface area contributed by atoms with Crippen molar-refractivity contribution in [2.45, 2.75) is 20.4 Å². The Morgan fingerprint density at radius 2 is 2.08 bits per heavy atom. The Morgan fingerprint density at radius 1 is 1.31 bits per heavy atom. The van der Waals surface area contributed by atoms with E-state index in [1.165, 1.54) is 0 Å². The molecule has 0 aliphatic carbocycles. The summed E-state index contributed by atoms with van der Waals surface area (Å²) in [6.45, 7) is 4.41. The molecule has 0 unspecified atom stereocenters. The molecule has 1 aromatic carbocycles. The van der Waals surface area contributed by atoms with Crippen molar-refractivity contribution in [2.24, 2.45) is 7.05 Å². The van der Waals surface area contributed by atoms with E-state index < -0.39 is 0 Å².